The maximum atomic E-state index is 12.3. The monoisotopic (exact) mass is 267 g/mol. The van der Waals surface area contributed by atoms with E-state index in [1.807, 2.05) is 19.1 Å². The van der Waals surface area contributed by atoms with E-state index < -0.39 is 23.9 Å². The molecule has 0 aromatic rings. The quantitative estimate of drug-likeness (QED) is 0.643. The van der Waals surface area contributed by atoms with Gasteiger partial charge in [-0.15, -0.1) is 0 Å². The first-order valence-corrected chi connectivity index (χ1v) is 6.79. The summed E-state index contributed by atoms with van der Waals surface area (Å²) < 4.78 is 0. The third-order valence-electron chi connectivity index (χ3n) is 4.13. The van der Waals surface area contributed by atoms with Crippen LogP contribution in [0.2, 0.25) is 0 Å². The van der Waals surface area contributed by atoms with Gasteiger partial charge in [-0.1, -0.05) is 12.2 Å². The molecule has 1 saturated carbocycles. The van der Waals surface area contributed by atoms with Gasteiger partial charge >= 0.3 is 5.97 Å². The number of hydrogen-bond donors (Lipinski definition) is 3. The van der Waals surface area contributed by atoms with Gasteiger partial charge in [-0.25, -0.2) is 0 Å². The zero-order valence-corrected chi connectivity index (χ0v) is 11.2. The van der Waals surface area contributed by atoms with Gasteiger partial charge in [-0.2, -0.15) is 0 Å². The van der Waals surface area contributed by atoms with Crippen LogP contribution in [0.5, 0.6) is 0 Å². The van der Waals surface area contributed by atoms with Crippen molar-refractivity contribution in [2.24, 2.45) is 23.7 Å². The van der Waals surface area contributed by atoms with Crippen LogP contribution in [-0.4, -0.2) is 34.2 Å². The number of nitrogens with one attached hydrogen (secondary N) is 1. The van der Waals surface area contributed by atoms with E-state index in [0.29, 0.717) is 6.42 Å². The predicted octanol–water partition coefficient (Wildman–Crippen LogP) is 0.785. The maximum absolute atomic E-state index is 12.3. The van der Waals surface area contributed by atoms with Crippen LogP contribution in [0.15, 0.2) is 12.2 Å². The highest BCUT2D eigenvalue weighted by Gasteiger charge is 2.51. The van der Waals surface area contributed by atoms with Gasteiger partial charge in [0.25, 0.3) is 0 Å². The van der Waals surface area contributed by atoms with E-state index >= 15 is 0 Å². The van der Waals surface area contributed by atoms with Gasteiger partial charge in [0, 0.05) is 6.04 Å². The normalized spacial score (nSPS) is 35.1. The molecule has 1 amide bonds. The smallest absolute Gasteiger partial charge is 0.307 e. The highest BCUT2D eigenvalue weighted by molar-refractivity contribution is 5.87. The molecular formula is C14H21NO4. The van der Waals surface area contributed by atoms with Gasteiger partial charge < -0.3 is 15.5 Å². The molecule has 0 aliphatic heterocycles. The summed E-state index contributed by atoms with van der Waals surface area (Å²) in [5, 5.41) is 21.4. The molecule has 0 aromatic heterocycles. The molecule has 0 spiro atoms. The molecule has 0 radical (unpaired) electrons. The van der Waals surface area contributed by atoms with Gasteiger partial charge in [-0.3, -0.25) is 9.59 Å². The van der Waals surface area contributed by atoms with Gasteiger partial charge in [0.2, 0.25) is 5.91 Å². The van der Waals surface area contributed by atoms with Crippen LogP contribution in [0.1, 0.15) is 26.7 Å². The Morgan fingerprint density at radius 1 is 1.26 bits per heavy atom. The van der Waals surface area contributed by atoms with Crippen LogP contribution in [0.4, 0.5) is 0 Å². The second kappa shape index (κ2) is 5.33. The van der Waals surface area contributed by atoms with Crippen LogP contribution in [0.3, 0.4) is 0 Å². The molecule has 19 heavy (non-hydrogen) atoms. The first-order chi connectivity index (χ1) is 8.90. The Morgan fingerprint density at radius 2 is 1.84 bits per heavy atom. The standard InChI is InChI=1S/C14H21NO4/c1-7(5-8(2)16)15-13(17)11-9-3-4-10(6-9)12(11)14(18)19/h3-4,7-12,16H,5-6H2,1-2H3,(H,15,17)(H,18,19)/t7?,8?,9?,10?,11-,12+/m0/s1. The lowest BCUT2D eigenvalue weighted by molar-refractivity contribution is -0.148. The number of rotatable bonds is 5. The van der Waals surface area contributed by atoms with E-state index in [1.165, 1.54) is 0 Å². The first kappa shape index (κ1) is 14.1. The Bertz CT molecular complexity index is 404. The summed E-state index contributed by atoms with van der Waals surface area (Å²) in [6, 6.07) is -0.148. The van der Waals surface area contributed by atoms with E-state index in [-0.39, 0.29) is 23.8 Å². The van der Waals surface area contributed by atoms with Crippen molar-refractivity contribution in [2.75, 3.05) is 0 Å². The van der Waals surface area contributed by atoms with Crippen molar-refractivity contribution in [1.29, 1.82) is 0 Å². The lowest BCUT2D eigenvalue weighted by Crippen LogP contribution is -2.44. The molecule has 4 unspecified atom stereocenters. The highest BCUT2D eigenvalue weighted by atomic mass is 16.4. The van der Waals surface area contributed by atoms with Gasteiger partial charge in [0.05, 0.1) is 17.9 Å². The molecule has 5 nitrogen and oxygen atoms in total. The van der Waals surface area contributed by atoms with Crippen LogP contribution < -0.4 is 5.32 Å². The van der Waals surface area contributed by atoms with Crippen molar-refractivity contribution in [3.63, 3.8) is 0 Å². The third-order valence-corrected chi connectivity index (χ3v) is 4.13. The van der Waals surface area contributed by atoms with Crippen LogP contribution >= 0.6 is 0 Å². The van der Waals surface area contributed by atoms with E-state index in [9.17, 15) is 19.8 Å². The zero-order valence-electron chi connectivity index (χ0n) is 11.2. The Balaban J connectivity index is 2.02. The summed E-state index contributed by atoms with van der Waals surface area (Å²) in [7, 11) is 0. The number of hydrogen-bond acceptors (Lipinski definition) is 3. The summed E-state index contributed by atoms with van der Waals surface area (Å²) in [5.74, 6) is -2.12. The van der Waals surface area contributed by atoms with Crippen molar-refractivity contribution < 1.29 is 19.8 Å². The third kappa shape index (κ3) is 2.81. The number of carbonyl (C=O) groups excluding carboxylic acids is 1. The van der Waals surface area contributed by atoms with Crippen molar-refractivity contribution in [2.45, 2.75) is 38.8 Å². The topological polar surface area (TPSA) is 86.6 Å². The lowest BCUT2D eigenvalue weighted by atomic mass is 9.82. The Hall–Kier alpha value is -1.36. The molecule has 2 bridgehead atoms. The van der Waals surface area contributed by atoms with E-state index in [0.717, 1.165) is 6.42 Å². The summed E-state index contributed by atoms with van der Waals surface area (Å²) in [6.07, 6.45) is 4.64. The minimum Gasteiger partial charge on any atom is -0.481 e. The summed E-state index contributed by atoms with van der Waals surface area (Å²) in [6.45, 7) is 3.49. The van der Waals surface area contributed by atoms with Gasteiger partial charge in [-0.05, 0) is 38.5 Å². The fourth-order valence-corrected chi connectivity index (χ4v) is 3.43. The predicted molar refractivity (Wildman–Crippen MR) is 69.3 cm³/mol. The zero-order chi connectivity index (χ0) is 14.2. The molecule has 106 valence electrons. The number of fused-ring (bicyclic) bond motifs is 2. The Labute approximate surface area is 112 Å². The summed E-state index contributed by atoms with van der Waals surface area (Å²) >= 11 is 0. The maximum Gasteiger partial charge on any atom is 0.307 e. The van der Waals surface area contributed by atoms with E-state index in [4.69, 9.17) is 0 Å². The molecule has 2 rings (SSSR count). The number of aliphatic carboxylic acids is 1. The van der Waals surface area contributed by atoms with Crippen molar-refractivity contribution in [3.05, 3.63) is 12.2 Å². The molecule has 5 heteroatoms. The number of aliphatic hydroxyl groups excluding tert-OH is 1. The number of carboxylic acid groups (broad SMARTS) is 1. The Morgan fingerprint density at radius 3 is 2.37 bits per heavy atom. The highest BCUT2D eigenvalue weighted by Crippen LogP contribution is 2.48. The molecule has 0 heterocycles. The number of aliphatic hydroxyl groups is 1. The number of amides is 1. The van der Waals surface area contributed by atoms with Crippen LogP contribution in [0.25, 0.3) is 0 Å². The Kier molecular flexibility index (Phi) is 3.94. The van der Waals surface area contributed by atoms with Crippen molar-refractivity contribution >= 4 is 11.9 Å². The molecule has 0 aromatic carbocycles. The molecule has 2 aliphatic carbocycles. The van der Waals surface area contributed by atoms with Crippen LogP contribution in [0, 0.1) is 23.7 Å². The minimum absolute atomic E-state index is 0.00896. The minimum atomic E-state index is -0.889. The van der Waals surface area contributed by atoms with E-state index in [1.54, 1.807) is 6.92 Å². The lowest BCUT2D eigenvalue weighted by Gasteiger charge is -2.26. The average Bonchev–Trinajstić information content (AvgIpc) is 2.86. The SMILES string of the molecule is CC(O)CC(C)NC(=O)[C@H]1C2C=CC(C2)[C@H]1C(=O)O. The molecule has 3 N–H and O–H groups in total. The molecule has 1 fully saturated rings. The van der Waals surface area contributed by atoms with Crippen LogP contribution in [-0.2, 0) is 9.59 Å². The fraction of sp³-hybridized carbons (Fsp3) is 0.714. The second-order valence-electron chi connectivity index (χ2n) is 5.83. The number of carbonyl (C=O) groups is 2. The van der Waals surface area contributed by atoms with Gasteiger partial charge in [0.15, 0.2) is 0 Å². The van der Waals surface area contributed by atoms with Crippen molar-refractivity contribution in [1.82, 2.24) is 5.32 Å². The van der Waals surface area contributed by atoms with E-state index in [2.05, 4.69) is 5.32 Å². The summed E-state index contributed by atoms with van der Waals surface area (Å²) in [5.41, 5.74) is 0. The number of allylic oxidation sites excluding steroid dienone is 2. The second-order valence-corrected chi connectivity index (χ2v) is 5.83. The van der Waals surface area contributed by atoms with Gasteiger partial charge in [0.1, 0.15) is 0 Å². The fourth-order valence-electron chi connectivity index (χ4n) is 3.43. The molecular weight excluding hydrogens is 246 g/mol. The first-order valence-electron chi connectivity index (χ1n) is 6.79. The molecule has 6 atom stereocenters. The molecule has 2 aliphatic rings. The average molecular weight is 267 g/mol. The molecule has 0 saturated heterocycles. The largest absolute Gasteiger partial charge is 0.481 e. The number of carboxylic acids is 1. The summed E-state index contributed by atoms with van der Waals surface area (Å²) in [4.78, 5) is 23.6. The van der Waals surface area contributed by atoms with Crippen molar-refractivity contribution in [3.8, 4) is 0 Å².